The molecule has 2 amide bonds. The summed E-state index contributed by atoms with van der Waals surface area (Å²) in [7, 11) is 1.37. The van der Waals surface area contributed by atoms with Crippen LogP contribution in [0.15, 0.2) is 34.4 Å². The quantitative estimate of drug-likeness (QED) is 0.213. The Kier molecular flexibility index (Phi) is 10.0. The van der Waals surface area contributed by atoms with E-state index in [-0.39, 0.29) is 17.6 Å². The first-order valence-corrected chi connectivity index (χ1v) is 13.8. The molecular formula is C25H33N5O4S2. The molecule has 2 N–H and O–H groups in total. The molecule has 1 aromatic heterocycles. The second kappa shape index (κ2) is 13.0. The molecule has 1 saturated heterocycles. The Balaban J connectivity index is 1.79. The minimum absolute atomic E-state index is 0.0774. The van der Waals surface area contributed by atoms with Crippen LogP contribution >= 0.6 is 23.5 Å². The van der Waals surface area contributed by atoms with Gasteiger partial charge in [-0.15, -0.1) is 11.8 Å². The number of primary amides is 1. The first-order valence-electron chi connectivity index (χ1n) is 12.0. The maximum absolute atomic E-state index is 13.0. The highest BCUT2D eigenvalue weighted by molar-refractivity contribution is 8.00. The van der Waals surface area contributed by atoms with Gasteiger partial charge < -0.3 is 20.3 Å². The lowest BCUT2D eigenvalue weighted by molar-refractivity contribution is -0.137. The number of hydrogen-bond donors (Lipinski definition) is 1. The molecule has 0 spiro atoms. The minimum atomic E-state index is -0.519. The van der Waals surface area contributed by atoms with Crippen LogP contribution in [-0.2, 0) is 16.0 Å². The summed E-state index contributed by atoms with van der Waals surface area (Å²) in [5.41, 5.74) is 7.29. The molecule has 11 heteroatoms. The van der Waals surface area contributed by atoms with E-state index in [4.69, 9.17) is 20.4 Å². The molecule has 1 aromatic carbocycles. The minimum Gasteiger partial charge on any atom is -0.468 e. The van der Waals surface area contributed by atoms with Crippen LogP contribution < -0.4 is 10.6 Å². The number of benzene rings is 1. The van der Waals surface area contributed by atoms with Gasteiger partial charge in [-0.3, -0.25) is 14.4 Å². The SMILES string of the molecule is CCc1c(SC(C)CC)nc(SCC(=O)OC)nc1N1CCN(C(=O)c2ccc(C(N)=O)cc2)CC1. The first kappa shape index (κ1) is 27.8. The van der Waals surface area contributed by atoms with Gasteiger partial charge in [0.2, 0.25) is 5.91 Å². The number of carbonyl (C=O) groups excluding carboxylic acids is 3. The number of anilines is 1. The molecule has 1 atom stereocenters. The highest BCUT2D eigenvalue weighted by Gasteiger charge is 2.26. The zero-order valence-corrected chi connectivity index (χ0v) is 22.8. The van der Waals surface area contributed by atoms with Crippen LogP contribution in [0.3, 0.4) is 0 Å². The Bertz CT molecular complexity index is 1090. The number of aromatic nitrogens is 2. The molecule has 1 aliphatic rings. The van der Waals surface area contributed by atoms with E-state index >= 15 is 0 Å². The average Bonchev–Trinajstić information content (AvgIpc) is 2.91. The lowest BCUT2D eigenvalue weighted by Gasteiger charge is -2.36. The van der Waals surface area contributed by atoms with E-state index in [9.17, 15) is 14.4 Å². The third-order valence-corrected chi connectivity index (χ3v) is 8.12. The molecule has 194 valence electrons. The van der Waals surface area contributed by atoms with Gasteiger partial charge in [0, 0.05) is 48.1 Å². The summed E-state index contributed by atoms with van der Waals surface area (Å²) in [6.07, 6.45) is 1.79. The Labute approximate surface area is 220 Å². The number of piperazine rings is 1. The number of ether oxygens (including phenoxy) is 1. The number of nitrogens with two attached hydrogens (primary N) is 1. The molecule has 36 heavy (non-hydrogen) atoms. The number of hydrogen-bond acceptors (Lipinski definition) is 9. The summed E-state index contributed by atoms with van der Waals surface area (Å²) in [6, 6.07) is 6.42. The van der Waals surface area contributed by atoms with E-state index in [1.165, 1.54) is 18.9 Å². The fourth-order valence-electron chi connectivity index (χ4n) is 3.70. The smallest absolute Gasteiger partial charge is 0.316 e. The second-order valence-electron chi connectivity index (χ2n) is 8.39. The van der Waals surface area contributed by atoms with Crippen molar-refractivity contribution in [1.29, 1.82) is 0 Å². The Morgan fingerprint density at radius 2 is 1.69 bits per heavy atom. The number of esters is 1. The van der Waals surface area contributed by atoms with Gasteiger partial charge in [-0.05, 0) is 37.1 Å². The summed E-state index contributed by atoms with van der Waals surface area (Å²) >= 11 is 3.00. The van der Waals surface area contributed by atoms with Crippen molar-refractivity contribution >= 4 is 47.1 Å². The Morgan fingerprint density at radius 3 is 2.25 bits per heavy atom. The van der Waals surface area contributed by atoms with Gasteiger partial charge >= 0.3 is 5.97 Å². The van der Waals surface area contributed by atoms with Crippen molar-refractivity contribution in [2.75, 3.05) is 43.9 Å². The van der Waals surface area contributed by atoms with E-state index in [2.05, 4.69) is 25.7 Å². The third kappa shape index (κ3) is 6.91. The highest BCUT2D eigenvalue weighted by Crippen LogP contribution is 2.34. The van der Waals surface area contributed by atoms with Crippen LogP contribution in [0, 0.1) is 0 Å². The predicted octanol–water partition coefficient (Wildman–Crippen LogP) is 3.26. The standard InChI is InChI=1S/C25H33N5O4S2/c1-5-16(3)36-23-19(6-2)22(27-25(28-23)35-15-20(31)34-4)29-11-13-30(14-12-29)24(33)18-9-7-17(8-10-18)21(26)32/h7-10,16H,5-6,11-15H2,1-4H3,(H2,26,32). The molecule has 2 aromatic rings. The molecule has 1 unspecified atom stereocenters. The molecule has 0 bridgehead atoms. The van der Waals surface area contributed by atoms with Crippen molar-refractivity contribution in [2.24, 2.45) is 5.73 Å². The van der Waals surface area contributed by atoms with Gasteiger partial charge in [-0.1, -0.05) is 32.5 Å². The van der Waals surface area contributed by atoms with E-state index < -0.39 is 5.91 Å². The Hall–Kier alpha value is -2.79. The molecule has 9 nitrogen and oxygen atoms in total. The van der Waals surface area contributed by atoms with Gasteiger partial charge in [0.25, 0.3) is 5.91 Å². The van der Waals surface area contributed by atoms with Crippen LogP contribution in [0.5, 0.6) is 0 Å². The molecule has 0 radical (unpaired) electrons. The molecular weight excluding hydrogens is 498 g/mol. The van der Waals surface area contributed by atoms with Gasteiger partial charge in [0.05, 0.1) is 12.9 Å². The molecule has 1 fully saturated rings. The summed E-state index contributed by atoms with van der Waals surface area (Å²) in [5.74, 6) is 0.0899. The second-order valence-corrected chi connectivity index (χ2v) is 10.8. The van der Waals surface area contributed by atoms with Crippen LogP contribution in [-0.4, -0.2) is 76.9 Å². The highest BCUT2D eigenvalue weighted by atomic mass is 32.2. The summed E-state index contributed by atoms with van der Waals surface area (Å²) in [5, 5.41) is 1.88. The molecule has 0 aliphatic carbocycles. The van der Waals surface area contributed by atoms with Crippen molar-refractivity contribution in [2.45, 2.75) is 49.0 Å². The van der Waals surface area contributed by atoms with Crippen LogP contribution in [0.25, 0.3) is 0 Å². The van der Waals surface area contributed by atoms with Gasteiger partial charge in [-0.25, -0.2) is 9.97 Å². The topological polar surface area (TPSA) is 119 Å². The van der Waals surface area contributed by atoms with Crippen LogP contribution in [0.1, 0.15) is 53.5 Å². The molecule has 2 heterocycles. The zero-order chi connectivity index (χ0) is 26.2. The number of rotatable bonds is 10. The number of thioether (sulfide) groups is 2. The maximum Gasteiger partial charge on any atom is 0.316 e. The number of methoxy groups -OCH3 is 1. The Morgan fingerprint density at radius 1 is 1.06 bits per heavy atom. The summed E-state index contributed by atoms with van der Waals surface area (Å²) in [6.45, 7) is 8.76. The lowest BCUT2D eigenvalue weighted by Crippen LogP contribution is -2.49. The number of nitrogens with zero attached hydrogens (tertiary/aromatic N) is 4. The lowest BCUT2D eigenvalue weighted by atomic mass is 10.1. The zero-order valence-electron chi connectivity index (χ0n) is 21.2. The van der Waals surface area contributed by atoms with Crippen molar-refractivity contribution < 1.29 is 19.1 Å². The molecule has 3 rings (SSSR count). The normalized spacial score (nSPS) is 14.4. The van der Waals surface area contributed by atoms with Crippen molar-refractivity contribution in [3.63, 3.8) is 0 Å². The summed E-state index contributed by atoms with van der Waals surface area (Å²) in [4.78, 5) is 49.6. The van der Waals surface area contributed by atoms with Crippen LogP contribution in [0.4, 0.5) is 5.82 Å². The number of amides is 2. The van der Waals surface area contributed by atoms with Crippen molar-refractivity contribution in [3.05, 3.63) is 41.0 Å². The van der Waals surface area contributed by atoms with E-state index in [0.29, 0.717) is 47.7 Å². The van der Waals surface area contributed by atoms with Gasteiger partial charge in [-0.2, -0.15) is 0 Å². The predicted molar refractivity (Wildman–Crippen MR) is 143 cm³/mol. The summed E-state index contributed by atoms with van der Waals surface area (Å²) < 4.78 is 4.77. The van der Waals surface area contributed by atoms with Crippen LogP contribution in [0.2, 0.25) is 0 Å². The average molecular weight is 532 g/mol. The number of carbonyl (C=O) groups is 3. The first-order chi connectivity index (χ1) is 17.3. The van der Waals surface area contributed by atoms with Gasteiger partial charge in [0.1, 0.15) is 10.8 Å². The van der Waals surface area contributed by atoms with Crippen molar-refractivity contribution in [1.82, 2.24) is 14.9 Å². The molecule has 0 saturated carbocycles. The van der Waals surface area contributed by atoms with E-state index in [1.54, 1.807) is 36.0 Å². The maximum atomic E-state index is 13.0. The fraction of sp³-hybridized carbons (Fsp3) is 0.480. The van der Waals surface area contributed by atoms with E-state index in [0.717, 1.165) is 29.2 Å². The monoisotopic (exact) mass is 531 g/mol. The van der Waals surface area contributed by atoms with Gasteiger partial charge in [0.15, 0.2) is 5.16 Å². The largest absolute Gasteiger partial charge is 0.468 e. The van der Waals surface area contributed by atoms with Crippen molar-refractivity contribution in [3.8, 4) is 0 Å². The third-order valence-electron chi connectivity index (χ3n) is 6.00. The van der Waals surface area contributed by atoms with E-state index in [1.807, 2.05) is 4.90 Å². The fourth-order valence-corrected chi connectivity index (χ4v) is 5.50. The molecule has 1 aliphatic heterocycles.